The minimum atomic E-state index is -4.24. The number of methoxy groups -OCH3 is 1. The Balaban J connectivity index is 1.79. The van der Waals surface area contributed by atoms with Gasteiger partial charge in [0.1, 0.15) is 16.2 Å². The third kappa shape index (κ3) is 4.16. The molecule has 0 saturated carbocycles. The van der Waals surface area contributed by atoms with Gasteiger partial charge in [-0.05, 0) is 47.5 Å². The molecule has 2 aromatic heterocycles. The predicted molar refractivity (Wildman–Crippen MR) is 117 cm³/mol. The van der Waals surface area contributed by atoms with E-state index >= 15 is 0 Å². The maximum Gasteiger partial charge on any atom is 0.264 e. The number of hydrogen-bond donors (Lipinski definition) is 1. The first-order valence-corrected chi connectivity index (χ1v) is 11.1. The van der Waals surface area contributed by atoms with Crippen LogP contribution in [0.1, 0.15) is 0 Å². The number of sulfonamides is 1. The van der Waals surface area contributed by atoms with E-state index in [0.717, 1.165) is 12.1 Å². The van der Waals surface area contributed by atoms with Gasteiger partial charge in [0.2, 0.25) is 11.2 Å². The largest absolute Gasteiger partial charge is 0.480 e. The number of nitrogens with zero attached hydrogens (tertiary/aromatic N) is 3. The van der Waals surface area contributed by atoms with Gasteiger partial charge in [0.15, 0.2) is 11.6 Å². The molecule has 2 aromatic carbocycles. The average Bonchev–Trinajstić information content (AvgIpc) is 2.75. The van der Waals surface area contributed by atoms with Crippen LogP contribution in [0.15, 0.2) is 53.6 Å². The van der Waals surface area contributed by atoms with Crippen LogP contribution in [0, 0.1) is 11.6 Å². The van der Waals surface area contributed by atoms with Crippen molar-refractivity contribution in [2.24, 2.45) is 0 Å². The van der Waals surface area contributed by atoms with Crippen molar-refractivity contribution in [1.29, 1.82) is 0 Å². The molecule has 0 amide bonds. The number of hydrogen-bond acceptors (Lipinski definition) is 6. The summed E-state index contributed by atoms with van der Waals surface area (Å²) in [6.07, 6.45) is 1.32. The van der Waals surface area contributed by atoms with Gasteiger partial charge in [-0.2, -0.15) is 4.98 Å². The van der Waals surface area contributed by atoms with Crippen molar-refractivity contribution in [2.45, 2.75) is 4.90 Å². The molecule has 1 N–H and O–H groups in total. The van der Waals surface area contributed by atoms with Crippen LogP contribution in [0.25, 0.3) is 22.0 Å². The van der Waals surface area contributed by atoms with E-state index in [2.05, 4.69) is 19.7 Å². The summed E-state index contributed by atoms with van der Waals surface area (Å²) in [5.74, 6) is -2.48. The number of rotatable bonds is 5. The van der Waals surface area contributed by atoms with Crippen molar-refractivity contribution in [3.05, 3.63) is 70.6 Å². The van der Waals surface area contributed by atoms with E-state index in [-0.39, 0.29) is 37.7 Å². The Morgan fingerprint density at radius 2 is 1.78 bits per heavy atom. The zero-order valence-corrected chi connectivity index (χ0v) is 18.4. The van der Waals surface area contributed by atoms with Crippen LogP contribution in [0.2, 0.25) is 10.3 Å². The molecule has 0 spiro atoms. The minimum absolute atomic E-state index is 0.00901. The van der Waals surface area contributed by atoms with Crippen LogP contribution in [0.3, 0.4) is 0 Å². The fraction of sp³-hybridized carbons (Fsp3) is 0.0500. The van der Waals surface area contributed by atoms with Gasteiger partial charge in [-0.3, -0.25) is 4.72 Å². The molecule has 7 nitrogen and oxygen atoms in total. The Morgan fingerprint density at radius 3 is 2.50 bits per heavy atom. The normalized spacial score (nSPS) is 11.5. The van der Waals surface area contributed by atoms with Crippen LogP contribution >= 0.6 is 23.2 Å². The molecule has 164 valence electrons. The number of ether oxygens (including phenoxy) is 1. The lowest BCUT2D eigenvalue weighted by Crippen LogP contribution is -2.16. The second-order valence-electron chi connectivity index (χ2n) is 6.45. The third-order valence-electron chi connectivity index (χ3n) is 4.41. The fourth-order valence-corrected chi connectivity index (χ4v) is 4.65. The van der Waals surface area contributed by atoms with Crippen molar-refractivity contribution < 1.29 is 21.9 Å². The van der Waals surface area contributed by atoms with Gasteiger partial charge in [-0.15, -0.1) is 0 Å². The highest BCUT2D eigenvalue weighted by atomic mass is 35.5. The molecule has 12 heteroatoms. The molecular formula is C20H12Cl2F2N4O3S. The molecule has 2 heterocycles. The summed E-state index contributed by atoms with van der Waals surface area (Å²) in [5, 5.41) is 0.151. The van der Waals surface area contributed by atoms with Gasteiger partial charge >= 0.3 is 0 Å². The minimum Gasteiger partial charge on any atom is -0.480 e. The second kappa shape index (κ2) is 8.45. The maximum absolute atomic E-state index is 14.9. The predicted octanol–water partition coefficient (Wildman–Crippen LogP) is 5.09. The van der Waals surface area contributed by atoms with Gasteiger partial charge < -0.3 is 4.74 Å². The highest BCUT2D eigenvalue weighted by Gasteiger charge is 2.23. The van der Waals surface area contributed by atoms with E-state index in [4.69, 9.17) is 27.9 Å². The molecule has 32 heavy (non-hydrogen) atoms. The summed E-state index contributed by atoms with van der Waals surface area (Å²) in [5.41, 5.74) is 0.288. The summed E-state index contributed by atoms with van der Waals surface area (Å²) >= 11 is 11.6. The van der Waals surface area contributed by atoms with Crippen LogP contribution in [0.4, 0.5) is 14.6 Å². The Bertz CT molecular complexity index is 1470. The van der Waals surface area contributed by atoms with Crippen LogP contribution in [-0.4, -0.2) is 30.5 Å². The average molecular weight is 497 g/mol. The van der Waals surface area contributed by atoms with E-state index in [0.29, 0.717) is 5.39 Å². The number of pyridine rings is 1. The van der Waals surface area contributed by atoms with Crippen LogP contribution in [0.5, 0.6) is 5.88 Å². The molecule has 0 atom stereocenters. The number of fused-ring (bicyclic) bond motifs is 1. The number of benzene rings is 2. The number of anilines is 1. The Labute approximate surface area is 191 Å². The van der Waals surface area contributed by atoms with E-state index in [1.807, 2.05) is 0 Å². The van der Waals surface area contributed by atoms with Gasteiger partial charge in [0.25, 0.3) is 10.0 Å². The summed E-state index contributed by atoms with van der Waals surface area (Å²) in [6, 6.07) is 9.26. The summed E-state index contributed by atoms with van der Waals surface area (Å²) in [4.78, 5) is 11.3. The fourth-order valence-electron chi connectivity index (χ4n) is 2.99. The van der Waals surface area contributed by atoms with Gasteiger partial charge in [0, 0.05) is 17.1 Å². The van der Waals surface area contributed by atoms with Gasteiger partial charge in [0.05, 0.1) is 12.1 Å². The lowest BCUT2D eigenvalue weighted by atomic mass is 10.0. The third-order valence-corrected chi connectivity index (χ3v) is 6.43. The number of halogens is 4. The standard InChI is InChI=1S/C20H12Cl2F2N4O3S/c1-31-19-12(10-6-11-9-25-20(22)26-17(11)14(23)7-10)8-15(24)18(27-19)28-32(29,30)16-5-3-2-4-13(16)21/h2-9H,1H3,(H,27,28). The summed E-state index contributed by atoms with van der Waals surface area (Å²) in [7, 11) is -2.98. The highest BCUT2D eigenvalue weighted by Crippen LogP contribution is 2.35. The second-order valence-corrected chi connectivity index (χ2v) is 8.84. The lowest BCUT2D eigenvalue weighted by molar-refractivity contribution is 0.398. The molecule has 4 aromatic rings. The number of nitrogens with one attached hydrogen (secondary N) is 1. The van der Waals surface area contributed by atoms with E-state index < -0.39 is 27.5 Å². The zero-order chi connectivity index (χ0) is 23.0. The first-order valence-electron chi connectivity index (χ1n) is 8.83. The van der Waals surface area contributed by atoms with Crippen LogP contribution < -0.4 is 9.46 Å². The smallest absolute Gasteiger partial charge is 0.264 e. The highest BCUT2D eigenvalue weighted by molar-refractivity contribution is 7.92. The first-order chi connectivity index (χ1) is 15.2. The van der Waals surface area contributed by atoms with Crippen molar-refractivity contribution >= 4 is 49.9 Å². The molecule has 0 bridgehead atoms. The molecular weight excluding hydrogens is 485 g/mol. The van der Waals surface area contributed by atoms with Crippen molar-refractivity contribution in [3.63, 3.8) is 0 Å². The topological polar surface area (TPSA) is 94.1 Å². The molecule has 0 aliphatic rings. The Morgan fingerprint density at radius 1 is 1.03 bits per heavy atom. The molecule has 0 saturated heterocycles. The van der Waals surface area contributed by atoms with Gasteiger partial charge in [-0.1, -0.05) is 23.7 Å². The monoisotopic (exact) mass is 496 g/mol. The maximum atomic E-state index is 14.9. The quantitative estimate of drug-likeness (QED) is 0.387. The molecule has 4 rings (SSSR count). The molecule has 0 fully saturated rings. The van der Waals surface area contributed by atoms with E-state index in [1.54, 1.807) is 6.07 Å². The number of aromatic nitrogens is 3. The van der Waals surface area contributed by atoms with E-state index in [9.17, 15) is 17.2 Å². The zero-order valence-electron chi connectivity index (χ0n) is 16.1. The van der Waals surface area contributed by atoms with Gasteiger partial charge in [-0.25, -0.2) is 27.2 Å². The lowest BCUT2D eigenvalue weighted by Gasteiger charge is -2.14. The molecule has 0 radical (unpaired) electrons. The van der Waals surface area contributed by atoms with E-state index in [1.165, 1.54) is 37.6 Å². The first kappa shape index (κ1) is 22.1. The molecule has 0 unspecified atom stereocenters. The summed E-state index contributed by atoms with van der Waals surface area (Å²) in [6.45, 7) is 0. The van der Waals surface area contributed by atoms with Crippen molar-refractivity contribution in [3.8, 4) is 17.0 Å². The SMILES string of the molecule is COc1nc(NS(=O)(=O)c2ccccc2Cl)c(F)cc1-c1cc(F)c2nc(Cl)ncc2c1. The van der Waals surface area contributed by atoms with Crippen molar-refractivity contribution in [2.75, 3.05) is 11.8 Å². The molecule has 0 aliphatic heterocycles. The summed E-state index contributed by atoms with van der Waals surface area (Å²) < 4.78 is 61.9. The molecule has 0 aliphatic carbocycles. The Kier molecular flexibility index (Phi) is 5.85. The van der Waals surface area contributed by atoms with Crippen molar-refractivity contribution in [1.82, 2.24) is 15.0 Å². The Hall–Kier alpha value is -3.08. The van der Waals surface area contributed by atoms with Crippen LogP contribution in [-0.2, 0) is 10.0 Å².